The van der Waals surface area contributed by atoms with Crippen molar-refractivity contribution in [1.82, 2.24) is 30.8 Å². The summed E-state index contributed by atoms with van der Waals surface area (Å²) in [5.41, 5.74) is 4.33. The molecular formula is C39H71N7O18P2. The fourth-order valence-electron chi connectivity index (χ4n) is 6.96. The average molecular weight is 988 g/mol. The molecule has 25 nitrogen and oxygen atoms in total. The molecule has 2 aliphatic heterocycles. The molecule has 0 radical (unpaired) electrons. The fourth-order valence-corrected chi connectivity index (χ4v) is 7.88. The maximum Gasteiger partial charge on any atom is 0.470 e. The monoisotopic (exact) mass is 987 g/mol. The Balaban J connectivity index is 1.22. The van der Waals surface area contributed by atoms with Gasteiger partial charge in [-0.05, 0) is 73.1 Å². The molecule has 0 spiro atoms. The van der Waals surface area contributed by atoms with Crippen molar-refractivity contribution in [1.29, 1.82) is 0 Å². The number of urea groups is 1. The Hall–Kier alpha value is -3.13. The molecule has 6 atom stereocenters. The van der Waals surface area contributed by atoms with E-state index in [1.807, 2.05) is 34.6 Å². The smallest absolute Gasteiger partial charge is 0.386 e. The van der Waals surface area contributed by atoms with Crippen LogP contribution in [0.15, 0.2) is 11.0 Å². The first-order valence-electron chi connectivity index (χ1n) is 22.0. The first-order chi connectivity index (χ1) is 30.8. The number of hydrogen-bond acceptors (Lipinski definition) is 16. The van der Waals surface area contributed by atoms with Crippen LogP contribution in [0.3, 0.4) is 0 Å². The predicted molar refractivity (Wildman–Crippen MR) is 236 cm³/mol. The van der Waals surface area contributed by atoms with Crippen LogP contribution in [-0.4, -0.2) is 153 Å². The van der Waals surface area contributed by atoms with Crippen molar-refractivity contribution < 1.29 is 80.9 Å². The van der Waals surface area contributed by atoms with Gasteiger partial charge in [0.25, 0.3) is 0 Å². The number of aliphatic hydroxyl groups excluding tert-OH is 1. The predicted octanol–water partition coefficient (Wildman–Crippen LogP) is 0.650. The minimum Gasteiger partial charge on any atom is -0.386 e. The Kier molecular flexibility index (Phi) is 23.5. The van der Waals surface area contributed by atoms with Crippen LogP contribution in [0.4, 0.5) is 10.6 Å². The standard InChI is InChI=1S/C39H71N7O18P2/c1-26-28(44-36(50)43-26)11-7-6-8-12-30(47)42-17-21-59-19-14-38(2,3)60-20-15-39(4,5)61-23-22-58-18-13-31(48)41-16-9-10-27-24-46(37(51)45-34(27)40)35-32(49)33(64-66(55,56)57)29(63-35)25-62-65(52,53)54/h24,26,28-29,32-33,35,49H,6-23,25H2,1-5H3,(H,41,48)(H,42,47)(H2,40,45,51)(H2,43,44,50)(H2,52,53,54)(H2,55,56,57)/t26-,28+,29?,32?,33?,35?/m0/s1. The normalized spacial score (nSPS) is 21.5. The Labute approximate surface area is 384 Å². The topological polar surface area (TPSA) is 360 Å². The van der Waals surface area contributed by atoms with Gasteiger partial charge in [-0.2, -0.15) is 4.98 Å². The van der Waals surface area contributed by atoms with Crippen LogP contribution >= 0.6 is 15.6 Å². The highest BCUT2D eigenvalue weighted by atomic mass is 31.2. The highest BCUT2D eigenvalue weighted by Crippen LogP contribution is 2.45. The average Bonchev–Trinajstić information content (AvgIpc) is 3.69. The number of carbonyl (C=O) groups is 3. The molecule has 1 aromatic rings. The number of nitrogens with two attached hydrogens (primary N) is 1. The number of aromatic nitrogens is 2. The number of nitrogen functional groups attached to an aromatic ring is 1. The lowest BCUT2D eigenvalue weighted by Gasteiger charge is -2.29. The van der Waals surface area contributed by atoms with E-state index < -0.39 is 63.7 Å². The summed E-state index contributed by atoms with van der Waals surface area (Å²) in [7, 11) is -10.3. The fraction of sp³-hybridized carbons (Fsp3) is 0.821. The summed E-state index contributed by atoms with van der Waals surface area (Å²) in [6, 6.07) is 0.148. The third kappa shape index (κ3) is 22.3. The minimum atomic E-state index is -5.24. The maximum absolute atomic E-state index is 12.7. The van der Waals surface area contributed by atoms with E-state index in [0.29, 0.717) is 64.2 Å². The number of unbranched alkanes of at least 4 members (excludes halogenated alkanes) is 2. The second kappa shape index (κ2) is 27.2. The van der Waals surface area contributed by atoms with Gasteiger partial charge in [-0.25, -0.2) is 18.7 Å². The number of carbonyl (C=O) groups excluding carboxylic acids is 3. The third-order valence-electron chi connectivity index (χ3n) is 10.8. The summed E-state index contributed by atoms with van der Waals surface area (Å²) in [5, 5.41) is 22.2. The summed E-state index contributed by atoms with van der Waals surface area (Å²) >= 11 is 0. The van der Waals surface area contributed by atoms with E-state index in [0.717, 1.165) is 30.3 Å². The molecule has 2 aliphatic rings. The summed E-state index contributed by atoms with van der Waals surface area (Å²) in [6.45, 7) is 11.7. The molecule has 2 saturated heterocycles. The van der Waals surface area contributed by atoms with Crippen molar-refractivity contribution in [3.8, 4) is 0 Å². The molecule has 0 saturated carbocycles. The molecular weight excluding hydrogens is 916 g/mol. The molecule has 4 amide bonds. The van der Waals surface area contributed by atoms with E-state index >= 15 is 0 Å². The van der Waals surface area contributed by atoms with Crippen molar-refractivity contribution in [2.24, 2.45) is 0 Å². The van der Waals surface area contributed by atoms with E-state index in [1.165, 1.54) is 6.20 Å². The number of phosphoric ester groups is 2. The van der Waals surface area contributed by atoms with E-state index in [1.54, 1.807) is 0 Å². The molecule has 4 unspecified atom stereocenters. The zero-order valence-electron chi connectivity index (χ0n) is 38.4. The lowest BCUT2D eigenvalue weighted by atomic mass is 10.0. The molecule has 27 heteroatoms. The van der Waals surface area contributed by atoms with E-state index in [9.17, 15) is 43.2 Å². The number of aliphatic hydroxyl groups is 1. The van der Waals surface area contributed by atoms with Gasteiger partial charge in [0.15, 0.2) is 6.23 Å². The number of nitrogens with zero attached hydrogens (tertiary/aromatic N) is 2. The number of phosphoric acid groups is 2. The van der Waals surface area contributed by atoms with Crippen molar-refractivity contribution in [3.05, 3.63) is 22.2 Å². The maximum atomic E-state index is 12.7. The van der Waals surface area contributed by atoms with E-state index in [4.69, 9.17) is 39.2 Å². The Bertz CT molecular complexity index is 1850. The molecule has 0 bridgehead atoms. The summed E-state index contributed by atoms with van der Waals surface area (Å²) in [4.78, 5) is 89.0. The van der Waals surface area contributed by atoms with Crippen molar-refractivity contribution in [2.75, 3.05) is 65.1 Å². The first kappa shape index (κ1) is 57.2. The second-order valence-electron chi connectivity index (χ2n) is 17.4. The zero-order chi connectivity index (χ0) is 49.1. The van der Waals surface area contributed by atoms with Gasteiger partial charge < -0.3 is 75.4 Å². The Morgan fingerprint density at radius 3 is 2.17 bits per heavy atom. The number of amides is 4. The van der Waals surface area contributed by atoms with Gasteiger partial charge in [0, 0.05) is 50.3 Å². The van der Waals surface area contributed by atoms with Crippen molar-refractivity contribution >= 4 is 39.3 Å². The van der Waals surface area contributed by atoms with Crippen LogP contribution in [-0.2, 0) is 57.9 Å². The van der Waals surface area contributed by atoms with Gasteiger partial charge in [0.2, 0.25) is 11.8 Å². The van der Waals surface area contributed by atoms with Gasteiger partial charge in [0.05, 0.1) is 56.9 Å². The van der Waals surface area contributed by atoms with Crippen LogP contribution in [0, 0.1) is 0 Å². The molecule has 66 heavy (non-hydrogen) atoms. The van der Waals surface area contributed by atoms with Crippen LogP contribution < -0.4 is 32.7 Å². The molecule has 0 aromatic carbocycles. The van der Waals surface area contributed by atoms with Gasteiger partial charge in [-0.1, -0.05) is 12.8 Å². The minimum absolute atomic E-state index is 0.00210. The van der Waals surface area contributed by atoms with Gasteiger partial charge in [-0.3, -0.25) is 23.2 Å². The largest absolute Gasteiger partial charge is 0.470 e. The van der Waals surface area contributed by atoms with Gasteiger partial charge in [-0.15, -0.1) is 0 Å². The highest BCUT2D eigenvalue weighted by molar-refractivity contribution is 7.46. The number of ether oxygens (including phenoxy) is 5. The number of hydrogen-bond donors (Lipinski definition) is 10. The van der Waals surface area contributed by atoms with Crippen LogP contribution in [0.2, 0.25) is 0 Å². The first-order valence-corrected chi connectivity index (χ1v) is 25.1. The van der Waals surface area contributed by atoms with E-state index in [-0.39, 0.29) is 68.3 Å². The molecule has 2 fully saturated rings. The third-order valence-corrected chi connectivity index (χ3v) is 11.8. The molecule has 380 valence electrons. The quantitative estimate of drug-likeness (QED) is 0.0341. The zero-order valence-corrected chi connectivity index (χ0v) is 40.2. The molecule has 0 aliphatic carbocycles. The Morgan fingerprint density at radius 1 is 0.848 bits per heavy atom. The lowest BCUT2D eigenvalue weighted by Crippen LogP contribution is -2.38. The van der Waals surface area contributed by atoms with Crippen molar-refractivity contribution in [3.63, 3.8) is 0 Å². The van der Waals surface area contributed by atoms with E-state index in [2.05, 4.69) is 35.3 Å². The second-order valence-corrected chi connectivity index (χ2v) is 19.8. The molecule has 3 heterocycles. The summed E-state index contributed by atoms with van der Waals surface area (Å²) in [6.07, 6.45) is 0.133. The number of aryl methyl sites for hydroxylation is 1. The summed E-state index contributed by atoms with van der Waals surface area (Å²) < 4.78 is 61.4. The Morgan fingerprint density at radius 2 is 1.50 bits per heavy atom. The van der Waals surface area contributed by atoms with Crippen LogP contribution in [0.25, 0.3) is 0 Å². The number of rotatable bonds is 33. The molecule has 11 N–H and O–H groups in total. The SMILES string of the molecule is C[C@@H]1NC(=O)N[C@@H]1CCCCCC(=O)NCCOCCC(C)(C)OCCC(C)(C)OCCOCCC(=O)NCCCc1cn(C2OC(COP(=O)(O)O)C(OP(=O)(O)O)C2O)c(=O)nc1N. The number of nitrogens with one attached hydrogen (secondary N) is 4. The molecule has 3 rings (SSSR count). The van der Waals surface area contributed by atoms with Gasteiger partial charge >= 0.3 is 27.4 Å². The van der Waals surface area contributed by atoms with Crippen molar-refractivity contribution in [2.45, 2.75) is 147 Å². The van der Waals surface area contributed by atoms with Crippen LogP contribution in [0.1, 0.15) is 104 Å². The molecule has 1 aromatic heterocycles. The van der Waals surface area contributed by atoms with Crippen LogP contribution in [0.5, 0.6) is 0 Å². The highest BCUT2D eigenvalue weighted by Gasteiger charge is 2.49. The van der Waals surface area contributed by atoms with Gasteiger partial charge in [0.1, 0.15) is 24.1 Å². The number of anilines is 1. The lowest BCUT2D eigenvalue weighted by molar-refractivity contribution is -0.123. The summed E-state index contributed by atoms with van der Waals surface area (Å²) in [5.74, 6) is -0.416.